The Balaban J connectivity index is 2.31. The highest BCUT2D eigenvalue weighted by molar-refractivity contribution is 6.01. The van der Waals surface area contributed by atoms with Crippen LogP contribution in [0.2, 0.25) is 0 Å². The van der Waals surface area contributed by atoms with Gasteiger partial charge in [-0.15, -0.1) is 0 Å². The van der Waals surface area contributed by atoms with Crippen LogP contribution >= 0.6 is 0 Å². The molecule has 1 saturated heterocycles. The van der Waals surface area contributed by atoms with E-state index in [1.807, 2.05) is 0 Å². The van der Waals surface area contributed by atoms with Crippen LogP contribution in [0.15, 0.2) is 0 Å². The average Bonchev–Trinajstić information content (AvgIpc) is 2.33. The third kappa shape index (κ3) is 3.13. The Kier molecular flexibility index (Phi) is 3.29. The molecule has 0 aromatic carbocycles. The van der Waals surface area contributed by atoms with Crippen LogP contribution in [-0.2, 0) is 9.59 Å². The van der Waals surface area contributed by atoms with Gasteiger partial charge in [-0.25, -0.2) is 0 Å². The number of hydrogen-bond donors (Lipinski definition) is 0. The maximum atomic E-state index is 11.2. The summed E-state index contributed by atoms with van der Waals surface area (Å²) in [5.74, 6) is 0.00724. The smallest absolute Gasteiger partial charge is 0.229 e. The van der Waals surface area contributed by atoms with Crippen molar-refractivity contribution in [2.75, 3.05) is 6.54 Å². The van der Waals surface area contributed by atoms with Crippen LogP contribution in [0.5, 0.6) is 0 Å². The predicted molar refractivity (Wildman–Crippen MR) is 54.6 cm³/mol. The van der Waals surface area contributed by atoms with Gasteiger partial charge in [0, 0.05) is 19.4 Å². The fraction of sp³-hybridized carbons (Fsp3) is 0.818. The van der Waals surface area contributed by atoms with E-state index < -0.39 is 0 Å². The fourth-order valence-electron chi connectivity index (χ4n) is 1.64. The second kappa shape index (κ2) is 4.11. The zero-order valence-electron chi connectivity index (χ0n) is 9.30. The normalized spacial score (nSPS) is 18.1. The van der Waals surface area contributed by atoms with Crippen molar-refractivity contribution in [3.63, 3.8) is 0 Å². The van der Waals surface area contributed by atoms with Gasteiger partial charge in [0.15, 0.2) is 0 Å². The summed E-state index contributed by atoms with van der Waals surface area (Å²) >= 11 is 0. The molecule has 3 heteroatoms. The monoisotopic (exact) mass is 197 g/mol. The third-order valence-corrected chi connectivity index (χ3v) is 2.46. The molecular weight excluding hydrogens is 178 g/mol. The Morgan fingerprint density at radius 2 is 1.64 bits per heavy atom. The Morgan fingerprint density at radius 3 is 2.07 bits per heavy atom. The van der Waals surface area contributed by atoms with Gasteiger partial charge in [-0.05, 0) is 18.3 Å². The largest absolute Gasteiger partial charge is 0.283 e. The Morgan fingerprint density at radius 1 is 1.14 bits per heavy atom. The van der Waals surface area contributed by atoms with Crippen LogP contribution in [0, 0.1) is 5.41 Å². The molecule has 2 amide bonds. The summed E-state index contributed by atoms with van der Waals surface area (Å²) in [4.78, 5) is 23.9. The van der Waals surface area contributed by atoms with Gasteiger partial charge in [0.25, 0.3) is 0 Å². The van der Waals surface area contributed by atoms with Gasteiger partial charge < -0.3 is 0 Å². The highest BCUT2D eigenvalue weighted by atomic mass is 16.2. The minimum absolute atomic E-state index is 0.00362. The van der Waals surface area contributed by atoms with Crippen LogP contribution in [0.4, 0.5) is 0 Å². The van der Waals surface area contributed by atoms with E-state index in [-0.39, 0.29) is 17.2 Å². The summed E-state index contributed by atoms with van der Waals surface area (Å²) in [6.07, 6.45) is 2.79. The molecule has 1 rings (SSSR count). The molecule has 0 aromatic heterocycles. The van der Waals surface area contributed by atoms with Crippen molar-refractivity contribution < 1.29 is 9.59 Å². The van der Waals surface area contributed by atoms with E-state index in [4.69, 9.17) is 0 Å². The van der Waals surface area contributed by atoms with Gasteiger partial charge in [0.2, 0.25) is 11.8 Å². The van der Waals surface area contributed by atoms with Crippen LogP contribution in [0.1, 0.15) is 46.5 Å². The number of likely N-dealkylation sites (tertiary alicyclic amines) is 1. The fourth-order valence-corrected chi connectivity index (χ4v) is 1.64. The van der Waals surface area contributed by atoms with E-state index in [1.165, 1.54) is 4.90 Å². The maximum Gasteiger partial charge on any atom is 0.229 e. The number of carbonyl (C=O) groups excluding carboxylic acids is 2. The van der Waals surface area contributed by atoms with Crippen molar-refractivity contribution in [2.24, 2.45) is 5.41 Å². The van der Waals surface area contributed by atoms with E-state index in [1.54, 1.807) is 0 Å². The number of rotatable bonds is 3. The molecule has 0 N–H and O–H groups in total. The lowest BCUT2D eigenvalue weighted by atomic mass is 9.90. The number of amides is 2. The van der Waals surface area contributed by atoms with Gasteiger partial charge in [0.05, 0.1) is 0 Å². The van der Waals surface area contributed by atoms with Gasteiger partial charge >= 0.3 is 0 Å². The lowest BCUT2D eigenvalue weighted by Gasteiger charge is -2.20. The summed E-state index contributed by atoms with van der Waals surface area (Å²) in [7, 11) is 0. The summed E-state index contributed by atoms with van der Waals surface area (Å²) < 4.78 is 0. The molecule has 0 bridgehead atoms. The molecule has 0 saturated carbocycles. The van der Waals surface area contributed by atoms with Crippen LogP contribution in [0.25, 0.3) is 0 Å². The molecule has 1 aliphatic rings. The number of nitrogens with zero attached hydrogens (tertiary/aromatic N) is 1. The first-order valence-electron chi connectivity index (χ1n) is 5.23. The highest BCUT2D eigenvalue weighted by Gasteiger charge is 2.28. The van der Waals surface area contributed by atoms with Crippen molar-refractivity contribution >= 4 is 11.8 Å². The van der Waals surface area contributed by atoms with Gasteiger partial charge in [-0.3, -0.25) is 14.5 Å². The van der Waals surface area contributed by atoms with Crippen molar-refractivity contribution in [3.05, 3.63) is 0 Å². The molecule has 1 aliphatic heterocycles. The molecule has 1 fully saturated rings. The minimum atomic E-state index is 0.00362. The van der Waals surface area contributed by atoms with E-state index >= 15 is 0 Å². The molecule has 1 heterocycles. The van der Waals surface area contributed by atoms with Crippen LogP contribution in [-0.4, -0.2) is 23.3 Å². The van der Waals surface area contributed by atoms with Crippen molar-refractivity contribution in [2.45, 2.75) is 46.5 Å². The van der Waals surface area contributed by atoms with E-state index in [9.17, 15) is 9.59 Å². The van der Waals surface area contributed by atoms with E-state index in [0.717, 1.165) is 12.8 Å². The zero-order chi connectivity index (χ0) is 10.8. The van der Waals surface area contributed by atoms with Gasteiger partial charge in [0.1, 0.15) is 0 Å². The quantitative estimate of drug-likeness (QED) is 0.648. The Hall–Kier alpha value is -0.860. The number of imide groups is 1. The lowest BCUT2D eigenvalue weighted by Crippen LogP contribution is -2.30. The summed E-state index contributed by atoms with van der Waals surface area (Å²) in [5, 5.41) is 0. The molecule has 0 radical (unpaired) electrons. The summed E-state index contributed by atoms with van der Waals surface area (Å²) in [5.41, 5.74) is 0.284. The van der Waals surface area contributed by atoms with E-state index in [2.05, 4.69) is 20.8 Å². The van der Waals surface area contributed by atoms with Crippen LogP contribution < -0.4 is 0 Å². The van der Waals surface area contributed by atoms with Gasteiger partial charge in [-0.1, -0.05) is 20.8 Å². The van der Waals surface area contributed by atoms with E-state index in [0.29, 0.717) is 19.4 Å². The molecule has 80 valence electrons. The summed E-state index contributed by atoms with van der Waals surface area (Å²) in [6.45, 7) is 7.11. The number of carbonyl (C=O) groups is 2. The molecular formula is C11H19NO2. The predicted octanol–water partition coefficient (Wildman–Crippen LogP) is 1.96. The SMILES string of the molecule is CC(C)(C)CCCN1C(=O)CCC1=O. The number of hydrogen-bond acceptors (Lipinski definition) is 2. The molecule has 0 aromatic rings. The first-order valence-corrected chi connectivity index (χ1v) is 5.23. The third-order valence-electron chi connectivity index (χ3n) is 2.46. The molecule has 0 spiro atoms. The molecule has 14 heavy (non-hydrogen) atoms. The van der Waals surface area contributed by atoms with Gasteiger partial charge in [-0.2, -0.15) is 0 Å². The molecule has 3 nitrogen and oxygen atoms in total. The lowest BCUT2D eigenvalue weighted by molar-refractivity contribution is -0.138. The molecule has 0 unspecified atom stereocenters. The maximum absolute atomic E-state index is 11.2. The van der Waals surface area contributed by atoms with Crippen molar-refractivity contribution in [1.29, 1.82) is 0 Å². The standard InChI is InChI=1S/C11H19NO2/c1-11(2,3)7-4-8-12-9(13)5-6-10(12)14/h4-8H2,1-3H3. The first kappa shape index (κ1) is 11.2. The summed E-state index contributed by atoms with van der Waals surface area (Å²) in [6, 6.07) is 0. The first-order chi connectivity index (χ1) is 6.40. The second-order valence-electron chi connectivity index (χ2n) is 5.10. The highest BCUT2D eigenvalue weighted by Crippen LogP contribution is 2.21. The topological polar surface area (TPSA) is 37.4 Å². The molecule has 0 aliphatic carbocycles. The second-order valence-corrected chi connectivity index (χ2v) is 5.10. The zero-order valence-corrected chi connectivity index (χ0v) is 9.30. The minimum Gasteiger partial charge on any atom is -0.283 e. The average molecular weight is 197 g/mol. The van der Waals surface area contributed by atoms with Crippen molar-refractivity contribution in [1.82, 2.24) is 4.90 Å². The van der Waals surface area contributed by atoms with Crippen molar-refractivity contribution in [3.8, 4) is 0 Å². The molecule has 0 atom stereocenters. The Labute approximate surface area is 85.5 Å². The van der Waals surface area contributed by atoms with Crippen LogP contribution in [0.3, 0.4) is 0 Å². The Bertz CT molecular complexity index is 224.